The largest absolute Gasteiger partial charge is 0.255 e. The zero-order valence-electron chi connectivity index (χ0n) is 10.1. The fourth-order valence-electron chi connectivity index (χ4n) is 1.39. The van der Waals surface area contributed by atoms with Gasteiger partial charge in [-0.1, -0.05) is 39.5 Å². The summed E-state index contributed by atoms with van der Waals surface area (Å²) in [5.74, 6) is 5.90. The Hall–Kier alpha value is -0.120. The van der Waals surface area contributed by atoms with Crippen molar-refractivity contribution in [1.29, 1.82) is 0 Å². The molecule has 0 aliphatic carbocycles. The molecule has 0 saturated heterocycles. The molecule has 0 aromatic heterocycles. The summed E-state index contributed by atoms with van der Waals surface area (Å²) in [6.45, 7) is 6.49. The summed E-state index contributed by atoms with van der Waals surface area (Å²) in [7, 11) is 2.06. The third kappa shape index (κ3) is 7.30. The highest BCUT2D eigenvalue weighted by molar-refractivity contribution is 4.48. The minimum Gasteiger partial charge on any atom is -0.255 e. The molecule has 0 fully saturated rings. The van der Waals surface area contributed by atoms with Crippen LogP contribution in [0.25, 0.3) is 0 Å². The van der Waals surface area contributed by atoms with E-state index in [4.69, 9.17) is 5.84 Å². The lowest BCUT2D eigenvalue weighted by Crippen LogP contribution is -2.46. The number of nitrogens with two attached hydrogens (primary N) is 1. The zero-order valence-corrected chi connectivity index (χ0v) is 10.1. The maximum absolute atomic E-state index is 5.90. The number of hydrogen-bond donors (Lipinski definition) is 1. The predicted octanol–water partition coefficient (Wildman–Crippen LogP) is 2.39. The van der Waals surface area contributed by atoms with Crippen molar-refractivity contribution in [2.45, 2.75) is 52.4 Å². The average Bonchev–Trinajstić information content (AvgIpc) is 2.20. The lowest BCUT2D eigenvalue weighted by Gasteiger charge is -2.27. The van der Waals surface area contributed by atoms with Gasteiger partial charge >= 0.3 is 0 Å². The van der Waals surface area contributed by atoms with Crippen LogP contribution >= 0.6 is 0 Å². The van der Waals surface area contributed by atoms with Gasteiger partial charge in [0.2, 0.25) is 0 Å². The zero-order chi connectivity index (χ0) is 10.8. The molecule has 0 aromatic carbocycles. The van der Waals surface area contributed by atoms with Crippen molar-refractivity contribution in [2.24, 2.45) is 5.84 Å². The summed E-state index contributed by atoms with van der Waals surface area (Å²) in [4.78, 5) is 0. The molecule has 0 aliphatic rings. The normalized spacial score (nSPS) is 11.6. The van der Waals surface area contributed by atoms with Gasteiger partial charge in [0.15, 0.2) is 0 Å². The highest BCUT2D eigenvalue weighted by Gasteiger charge is 2.04. The quantitative estimate of drug-likeness (QED) is 0.353. The molecule has 0 amide bonds. The van der Waals surface area contributed by atoms with Crippen molar-refractivity contribution in [3.8, 4) is 0 Å². The molecule has 0 saturated carbocycles. The van der Waals surface area contributed by atoms with Gasteiger partial charge in [0.05, 0.1) is 0 Å². The highest BCUT2D eigenvalue weighted by atomic mass is 15.7. The van der Waals surface area contributed by atoms with Crippen LogP contribution in [0.5, 0.6) is 0 Å². The molecule has 0 radical (unpaired) electrons. The van der Waals surface area contributed by atoms with E-state index in [1.54, 1.807) is 0 Å². The van der Waals surface area contributed by atoms with Crippen molar-refractivity contribution >= 4 is 0 Å². The number of nitrogens with zero attached hydrogens (tertiary/aromatic N) is 2. The summed E-state index contributed by atoms with van der Waals surface area (Å²) in [6.07, 6.45) is 7.57. The molecule has 3 nitrogen and oxygen atoms in total. The van der Waals surface area contributed by atoms with E-state index in [2.05, 4.69) is 25.9 Å². The maximum Gasteiger partial charge on any atom is 0.0288 e. The summed E-state index contributed by atoms with van der Waals surface area (Å²) < 4.78 is 0. The lowest BCUT2D eigenvalue weighted by atomic mass is 10.2. The second-order valence-corrected chi connectivity index (χ2v) is 3.96. The van der Waals surface area contributed by atoms with Crippen molar-refractivity contribution in [3.05, 3.63) is 0 Å². The number of unbranched alkanes of at least 4 members (excludes halogenated alkanes) is 4. The Labute approximate surface area is 89.2 Å². The number of hydrazine groups is 2. The van der Waals surface area contributed by atoms with Crippen LogP contribution in [0.3, 0.4) is 0 Å². The van der Waals surface area contributed by atoms with E-state index < -0.39 is 0 Å². The summed E-state index contributed by atoms with van der Waals surface area (Å²) in [5.41, 5.74) is 0. The van der Waals surface area contributed by atoms with Crippen LogP contribution < -0.4 is 5.84 Å². The van der Waals surface area contributed by atoms with Crippen LogP contribution in [0, 0.1) is 0 Å². The van der Waals surface area contributed by atoms with Crippen molar-refractivity contribution < 1.29 is 0 Å². The van der Waals surface area contributed by atoms with Gasteiger partial charge in [-0.05, 0) is 12.8 Å². The third-order valence-corrected chi connectivity index (χ3v) is 2.51. The average molecular weight is 201 g/mol. The van der Waals surface area contributed by atoms with Gasteiger partial charge in [0.25, 0.3) is 0 Å². The Morgan fingerprint density at radius 1 is 0.857 bits per heavy atom. The van der Waals surface area contributed by atoms with E-state index >= 15 is 0 Å². The molecule has 0 aromatic rings. The van der Waals surface area contributed by atoms with E-state index in [0.717, 1.165) is 13.1 Å². The van der Waals surface area contributed by atoms with Gasteiger partial charge in [-0.15, -0.1) is 0 Å². The van der Waals surface area contributed by atoms with Crippen LogP contribution in [-0.4, -0.2) is 30.3 Å². The SMILES string of the molecule is CCCCCCN(N)N(C)CCCC. The molecule has 0 rings (SSSR count). The molecule has 0 bridgehead atoms. The maximum atomic E-state index is 5.90. The first-order valence-electron chi connectivity index (χ1n) is 5.95. The standard InChI is InChI=1S/C11H27N3/c1-4-6-8-9-11-14(12)13(3)10-7-5-2/h4-12H2,1-3H3. The van der Waals surface area contributed by atoms with Crippen molar-refractivity contribution in [1.82, 2.24) is 10.1 Å². The summed E-state index contributed by atoms with van der Waals surface area (Å²) in [5, 5.41) is 3.97. The van der Waals surface area contributed by atoms with Crippen molar-refractivity contribution in [2.75, 3.05) is 20.1 Å². The minimum absolute atomic E-state index is 0.986. The van der Waals surface area contributed by atoms with E-state index in [9.17, 15) is 0 Å². The van der Waals surface area contributed by atoms with Gasteiger partial charge in [-0.3, -0.25) is 5.84 Å². The number of hydrogen-bond acceptors (Lipinski definition) is 3. The molecular formula is C11H27N3. The Morgan fingerprint density at radius 3 is 2.07 bits per heavy atom. The molecular weight excluding hydrogens is 174 g/mol. The lowest BCUT2D eigenvalue weighted by molar-refractivity contribution is -0.00421. The van der Waals surface area contributed by atoms with Crippen LogP contribution in [0.15, 0.2) is 0 Å². The van der Waals surface area contributed by atoms with E-state index in [-0.39, 0.29) is 0 Å². The van der Waals surface area contributed by atoms with Gasteiger partial charge in [-0.2, -0.15) is 5.12 Å². The molecule has 0 aliphatic heterocycles. The molecule has 14 heavy (non-hydrogen) atoms. The molecule has 0 atom stereocenters. The molecule has 0 unspecified atom stereocenters. The Kier molecular flexibility index (Phi) is 9.35. The molecule has 3 heteroatoms. The molecule has 0 heterocycles. The fraction of sp³-hybridized carbons (Fsp3) is 1.00. The highest BCUT2D eigenvalue weighted by Crippen LogP contribution is 2.01. The van der Waals surface area contributed by atoms with Crippen LogP contribution in [0.2, 0.25) is 0 Å². The Bertz CT molecular complexity index is 117. The molecule has 0 spiro atoms. The van der Waals surface area contributed by atoms with Gasteiger partial charge in [-0.25, -0.2) is 5.01 Å². The fourth-order valence-corrected chi connectivity index (χ4v) is 1.39. The van der Waals surface area contributed by atoms with Gasteiger partial charge in [0.1, 0.15) is 0 Å². The summed E-state index contributed by atoms with van der Waals surface area (Å²) in [6, 6.07) is 0. The Morgan fingerprint density at radius 2 is 1.50 bits per heavy atom. The monoisotopic (exact) mass is 201 g/mol. The topological polar surface area (TPSA) is 32.5 Å². The minimum atomic E-state index is 0.986. The molecule has 86 valence electrons. The van der Waals surface area contributed by atoms with E-state index in [1.807, 2.05) is 5.12 Å². The molecule has 2 N–H and O–H groups in total. The van der Waals surface area contributed by atoms with Gasteiger partial charge in [0, 0.05) is 20.1 Å². The van der Waals surface area contributed by atoms with Gasteiger partial charge < -0.3 is 0 Å². The second kappa shape index (κ2) is 9.44. The first-order valence-corrected chi connectivity index (χ1v) is 5.95. The van der Waals surface area contributed by atoms with E-state index in [1.165, 1.54) is 38.5 Å². The third-order valence-electron chi connectivity index (χ3n) is 2.51. The second-order valence-electron chi connectivity index (χ2n) is 3.96. The van der Waals surface area contributed by atoms with Crippen LogP contribution in [0.4, 0.5) is 0 Å². The smallest absolute Gasteiger partial charge is 0.0288 e. The van der Waals surface area contributed by atoms with E-state index in [0.29, 0.717) is 0 Å². The van der Waals surface area contributed by atoms with Crippen molar-refractivity contribution in [3.63, 3.8) is 0 Å². The summed E-state index contributed by atoms with van der Waals surface area (Å²) >= 11 is 0. The van der Waals surface area contributed by atoms with Crippen LogP contribution in [-0.2, 0) is 0 Å². The van der Waals surface area contributed by atoms with Crippen LogP contribution in [0.1, 0.15) is 52.4 Å². The number of rotatable bonds is 9. The Balaban J connectivity index is 3.36. The first-order chi connectivity index (χ1) is 6.72. The first kappa shape index (κ1) is 13.9. The predicted molar refractivity (Wildman–Crippen MR) is 62.6 cm³/mol.